The van der Waals surface area contributed by atoms with Gasteiger partial charge >= 0.3 is 21.3 Å². The summed E-state index contributed by atoms with van der Waals surface area (Å²) in [5, 5.41) is 30.1. The van der Waals surface area contributed by atoms with Crippen LogP contribution in [-0.2, 0) is 32.3 Å². The number of nitrogens with zero attached hydrogens (tertiary/aromatic N) is 2. The van der Waals surface area contributed by atoms with Crippen molar-refractivity contribution in [3.05, 3.63) is 22.7 Å². The Morgan fingerprint density at radius 3 is 1.75 bits per heavy atom. The number of Topliss-reactive ketones (excluding diaryl/α,β-unsaturated/α-hetero) is 2. The third kappa shape index (κ3) is 21.5. The topological polar surface area (TPSA) is 278 Å². The Balaban J connectivity index is 0.000000577. The minimum absolute atomic E-state index is 0.0624. The van der Waals surface area contributed by atoms with Crippen LogP contribution in [0, 0.1) is 0 Å². The van der Waals surface area contributed by atoms with Crippen LogP contribution in [0.4, 0.5) is 5.82 Å². The number of nitrogen functional groups attached to an aromatic ring is 1. The lowest BCUT2D eigenvalue weighted by Crippen LogP contribution is -2.57. The lowest BCUT2D eigenvalue weighted by molar-refractivity contribution is -0.166. The largest absolute Gasteiger partial charge is 0.481 e. The zero-order valence-electron chi connectivity index (χ0n) is 32.7. The first kappa shape index (κ1) is 51.1. The van der Waals surface area contributed by atoms with Crippen LogP contribution in [0.15, 0.2) is 17.1 Å². The molecule has 1 aromatic heterocycles. The van der Waals surface area contributed by atoms with Gasteiger partial charge in [0, 0.05) is 19.0 Å². The molecule has 0 bridgehead atoms. The number of aromatic nitrogens is 2. The predicted octanol–water partition coefficient (Wildman–Crippen LogP) is 5.78. The summed E-state index contributed by atoms with van der Waals surface area (Å²) in [6.07, 6.45) is 19.1. The van der Waals surface area contributed by atoms with E-state index in [0.29, 0.717) is 25.7 Å². The first-order valence-corrected chi connectivity index (χ1v) is 22.8. The Labute approximate surface area is 325 Å². The molecule has 1 saturated heterocycles. The van der Waals surface area contributed by atoms with Crippen LogP contribution < -0.4 is 11.4 Å². The van der Waals surface area contributed by atoms with Gasteiger partial charge < -0.3 is 40.5 Å². The van der Waals surface area contributed by atoms with Crippen LogP contribution in [0.3, 0.4) is 0 Å². The van der Waals surface area contributed by atoms with E-state index in [1.807, 2.05) is 0 Å². The number of hydrogen-bond donors (Lipinski definition) is 7. The summed E-state index contributed by atoms with van der Waals surface area (Å²) >= 11 is 0. The van der Waals surface area contributed by atoms with Crippen molar-refractivity contribution in [2.75, 3.05) is 18.9 Å². The number of rotatable bonds is 30. The van der Waals surface area contributed by atoms with Gasteiger partial charge in [0.1, 0.15) is 18.1 Å². The van der Waals surface area contributed by atoms with Crippen molar-refractivity contribution in [2.24, 2.45) is 0 Å². The van der Waals surface area contributed by atoms with E-state index in [1.54, 1.807) is 0 Å². The fraction of sp³-hybridized carbons (Fsp3) is 0.833. The molecule has 2 unspecified atom stereocenters. The summed E-state index contributed by atoms with van der Waals surface area (Å²) in [5.41, 5.74) is 2.31. The van der Waals surface area contributed by atoms with Gasteiger partial charge in [0.05, 0.1) is 19.3 Å². The number of aliphatic hydroxyl groups excluding tert-OH is 2. The molecule has 0 aliphatic carbocycles. The molecule has 320 valence electrons. The molecule has 0 radical (unpaired) electrons. The SMILES string of the molecule is CCCCCCCCCCCC(=O)C(O)(C(=O)CCCCCCCCCCC)C(O)CO.Nc1ccn([C@H]2CC[C@@H](COP(=O)(O)OP(=O)(O)O)O2)c(=O)n1. The highest BCUT2D eigenvalue weighted by molar-refractivity contribution is 7.60. The maximum absolute atomic E-state index is 12.6. The van der Waals surface area contributed by atoms with Crippen molar-refractivity contribution in [1.29, 1.82) is 0 Å². The average Bonchev–Trinajstić information content (AvgIpc) is 3.60. The van der Waals surface area contributed by atoms with Crippen molar-refractivity contribution in [1.82, 2.24) is 9.55 Å². The number of phosphoric ester groups is 1. The number of unbranched alkanes of at least 4 members (excludes halogenated alkanes) is 16. The highest BCUT2D eigenvalue weighted by Crippen LogP contribution is 2.57. The summed E-state index contributed by atoms with van der Waals surface area (Å²) in [6.45, 7) is 3.16. The van der Waals surface area contributed by atoms with E-state index >= 15 is 0 Å². The highest BCUT2D eigenvalue weighted by atomic mass is 31.3. The Morgan fingerprint density at radius 2 is 1.33 bits per heavy atom. The molecule has 55 heavy (non-hydrogen) atoms. The van der Waals surface area contributed by atoms with E-state index in [2.05, 4.69) is 27.7 Å². The molecule has 2 heterocycles. The molecule has 17 nitrogen and oxygen atoms in total. The molecule has 1 aliphatic heterocycles. The molecular formula is C36H67N3O14P2. The first-order valence-electron chi connectivity index (χ1n) is 19.8. The fourth-order valence-corrected chi connectivity index (χ4v) is 7.85. The molecule has 0 spiro atoms. The van der Waals surface area contributed by atoms with Crippen LogP contribution in [0.5, 0.6) is 0 Å². The second-order valence-corrected chi connectivity index (χ2v) is 17.0. The van der Waals surface area contributed by atoms with Gasteiger partial charge in [-0.2, -0.15) is 9.29 Å². The van der Waals surface area contributed by atoms with Gasteiger partial charge in [0.15, 0.2) is 11.6 Å². The molecule has 1 fully saturated rings. The van der Waals surface area contributed by atoms with E-state index < -0.39 is 70.2 Å². The van der Waals surface area contributed by atoms with Crippen LogP contribution in [-0.4, -0.2) is 82.1 Å². The standard InChI is InChI=1S/C27H52O5.C9H15N3O9P2/c1-3-5-7-9-11-13-15-17-19-21-24(29)27(32,26(31)23-28)25(30)22-20-18-16-14-12-10-8-6-4-2;10-7-3-4-12(9(13)11-7)8-2-1-6(20-8)5-19-23(17,18)21-22(14,15)16/h26,28,31-32H,3-23H2,1-2H3;3-4,6,8H,1-2,5H2,(H,17,18)(H2,10,11,13)(H2,14,15,16)/t;6-,8+/m.0/s1. The molecule has 1 aliphatic rings. The Morgan fingerprint density at radius 1 is 0.873 bits per heavy atom. The zero-order chi connectivity index (χ0) is 41.3. The van der Waals surface area contributed by atoms with Crippen LogP contribution in [0.25, 0.3) is 0 Å². The minimum atomic E-state index is -5.16. The minimum Gasteiger partial charge on any atom is -0.394 e. The van der Waals surface area contributed by atoms with Crippen LogP contribution >= 0.6 is 15.6 Å². The van der Waals surface area contributed by atoms with E-state index in [0.717, 1.165) is 38.5 Å². The van der Waals surface area contributed by atoms with Gasteiger partial charge in [-0.05, 0) is 31.7 Å². The number of anilines is 1. The molecule has 0 amide bonds. The smallest absolute Gasteiger partial charge is 0.394 e. The van der Waals surface area contributed by atoms with Gasteiger partial charge in [-0.3, -0.25) is 18.7 Å². The number of carbonyl (C=O) groups excluding carboxylic acids is 2. The van der Waals surface area contributed by atoms with E-state index in [4.69, 9.17) is 25.2 Å². The Bertz CT molecular complexity index is 1360. The van der Waals surface area contributed by atoms with Gasteiger partial charge in [-0.15, -0.1) is 0 Å². The molecule has 19 heteroatoms. The molecular weight excluding hydrogens is 760 g/mol. The normalized spacial score (nSPS) is 17.7. The number of ether oxygens (including phenoxy) is 1. The summed E-state index contributed by atoms with van der Waals surface area (Å²) in [5.74, 6) is -1.23. The van der Waals surface area contributed by atoms with Crippen molar-refractivity contribution in [2.45, 2.75) is 179 Å². The maximum atomic E-state index is 12.6. The maximum Gasteiger partial charge on any atom is 0.481 e. The third-order valence-electron chi connectivity index (χ3n) is 9.40. The lowest BCUT2D eigenvalue weighted by atomic mass is 9.82. The number of aliphatic hydroxyl groups is 3. The predicted molar refractivity (Wildman–Crippen MR) is 207 cm³/mol. The molecule has 0 aromatic carbocycles. The Hall–Kier alpha value is -1.88. The van der Waals surface area contributed by atoms with Crippen LogP contribution in [0.1, 0.15) is 161 Å². The number of hydrogen-bond acceptors (Lipinski definition) is 13. The van der Waals surface area contributed by atoms with Crippen molar-refractivity contribution in [3.63, 3.8) is 0 Å². The van der Waals surface area contributed by atoms with Gasteiger partial charge in [-0.1, -0.05) is 117 Å². The summed E-state index contributed by atoms with van der Waals surface area (Å²) in [7, 11) is -10.1. The lowest BCUT2D eigenvalue weighted by Gasteiger charge is -2.29. The second-order valence-electron chi connectivity index (χ2n) is 14.1. The quantitative estimate of drug-likeness (QED) is 0.0275. The molecule has 4 atom stereocenters. The summed E-state index contributed by atoms with van der Waals surface area (Å²) < 4.78 is 36.6. The van der Waals surface area contributed by atoms with Crippen molar-refractivity contribution >= 4 is 33.0 Å². The number of ketones is 2. The van der Waals surface area contributed by atoms with E-state index in [9.17, 15) is 38.8 Å². The van der Waals surface area contributed by atoms with E-state index in [1.165, 1.54) is 81.0 Å². The molecule has 8 N–H and O–H groups in total. The van der Waals surface area contributed by atoms with Crippen molar-refractivity contribution < 1.29 is 62.3 Å². The number of phosphoric acid groups is 2. The fourth-order valence-electron chi connectivity index (χ4n) is 6.23. The van der Waals surface area contributed by atoms with Gasteiger partial charge in [-0.25, -0.2) is 13.9 Å². The molecule has 2 rings (SSSR count). The number of carbonyl (C=O) groups is 2. The second kappa shape index (κ2) is 27.7. The number of nitrogens with two attached hydrogens (primary N) is 1. The Kier molecular flexibility index (Phi) is 25.8. The third-order valence-corrected chi connectivity index (χ3v) is 11.6. The van der Waals surface area contributed by atoms with Gasteiger partial charge in [0.2, 0.25) is 5.60 Å². The highest BCUT2D eigenvalue weighted by Gasteiger charge is 2.48. The molecule has 1 aromatic rings. The zero-order valence-corrected chi connectivity index (χ0v) is 34.5. The van der Waals surface area contributed by atoms with Gasteiger partial charge in [0.25, 0.3) is 0 Å². The summed E-state index contributed by atoms with van der Waals surface area (Å²) in [6, 6.07) is 1.42. The summed E-state index contributed by atoms with van der Waals surface area (Å²) in [4.78, 5) is 66.6. The van der Waals surface area contributed by atoms with Crippen LogP contribution in [0.2, 0.25) is 0 Å². The average molecular weight is 828 g/mol. The monoisotopic (exact) mass is 827 g/mol. The van der Waals surface area contributed by atoms with Crippen molar-refractivity contribution in [3.8, 4) is 0 Å². The first-order chi connectivity index (χ1) is 26.0. The molecule has 0 saturated carbocycles. The van der Waals surface area contributed by atoms with E-state index in [-0.39, 0.29) is 18.7 Å².